The lowest BCUT2D eigenvalue weighted by molar-refractivity contribution is 0.171. The number of fused-ring (bicyclic) bond motifs is 1. The Hall–Kier alpha value is -0.960. The molecule has 1 N–H and O–H groups in total. The van der Waals surface area contributed by atoms with Crippen LogP contribution in [0.3, 0.4) is 0 Å². The highest BCUT2D eigenvalue weighted by Crippen LogP contribution is 2.39. The Kier molecular flexibility index (Phi) is 4.78. The van der Waals surface area contributed by atoms with E-state index < -0.39 is 10.0 Å². The van der Waals surface area contributed by atoms with E-state index >= 15 is 0 Å². The predicted molar refractivity (Wildman–Crippen MR) is 95.1 cm³/mol. The van der Waals surface area contributed by atoms with Crippen LogP contribution in [-0.4, -0.2) is 21.6 Å². The van der Waals surface area contributed by atoms with Crippen molar-refractivity contribution in [1.82, 2.24) is 0 Å². The van der Waals surface area contributed by atoms with E-state index in [2.05, 4.69) is 36.6 Å². The second kappa shape index (κ2) is 6.51. The molecule has 0 aliphatic carbocycles. The smallest absolute Gasteiger partial charge is 0.263 e. The molecule has 2 aromatic rings. The highest BCUT2D eigenvalue weighted by Gasteiger charge is 2.22. The maximum atomic E-state index is 12.6. The number of benzene rings is 2. The molecule has 0 amide bonds. The third-order valence-corrected chi connectivity index (χ3v) is 6.22. The molecule has 0 saturated carbocycles. The van der Waals surface area contributed by atoms with Gasteiger partial charge in [0.2, 0.25) is 0 Å². The van der Waals surface area contributed by atoms with E-state index in [1.165, 1.54) is 18.2 Å². The summed E-state index contributed by atoms with van der Waals surface area (Å²) in [5.74, 6) is 0.944. The largest absolute Gasteiger partial charge is 0.486 e. The van der Waals surface area contributed by atoms with E-state index in [9.17, 15) is 8.42 Å². The highest BCUT2D eigenvalue weighted by molar-refractivity contribution is 9.11. The molecule has 9 heteroatoms. The average Bonchev–Trinajstić information content (AvgIpc) is 2.50. The number of rotatable bonds is 3. The Labute approximate surface area is 155 Å². The van der Waals surface area contributed by atoms with Gasteiger partial charge in [-0.3, -0.25) is 4.72 Å². The first-order valence-electron chi connectivity index (χ1n) is 6.44. The van der Waals surface area contributed by atoms with Crippen LogP contribution in [0, 0.1) is 0 Å². The zero-order valence-electron chi connectivity index (χ0n) is 11.5. The minimum absolute atomic E-state index is 0.0952. The SMILES string of the molecule is O=S(=O)(Nc1cc2c(cc1Cl)OCCO2)c1cc(Br)ccc1Br. The van der Waals surface area contributed by atoms with Crippen LogP contribution < -0.4 is 14.2 Å². The molecule has 1 heterocycles. The molecule has 1 aliphatic rings. The van der Waals surface area contributed by atoms with Gasteiger partial charge in [-0.2, -0.15) is 0 Å². The Bertz CT molecular complexity index is 873. The van der Waals surface area contributed by atoms with Crippen LogP contribution in [0.2, 0.25) is 5.02 Å². The third-order valence-electron chi connectivity index (χ3n) is 3.06. The van der Waals surface area contributed by atoms with Crippen molar-refractivity contribution in [2.45, 2.75) is 4.90 Å². The Balaban J connectivity index is 1.99. The molecule has 1 aliphatic heterocycles. The summed E-state index contributed by atoms with van der Waals surface area (Å²) < 4.78 is 39.6. The van der Waals surface area contributed by atoms with Gasteiger partial charge in [0, 0.05) is 21.1 Å². The van der Waals surface area contributed by atoms with Crippen molar-refractivity contribution < 1.29 is 17.9 Å². The topological polar surface area (TPSA) is 64.6 Å². The molecule has 2 aromatic carbocycles. The Morgan fingerprint density at radius 1 is 1.04 bits per heavy atom. The molecule has 3 rings (SSSR count). The molecular weight excluding hydrogens is 473 g/mol. The predicted octanol–water partition coefficient (Wildman–Crippen LogP) is 4.44. The van der Waals surface area contributed by atoms with Crippen molar-refractivity contribution >= 4 is 59.2 Å². The van der Waals surface area contributed by atoms with Crippen LogP contribution in [-0.2, 0) is 10.0 Å². The molecule has 0 unspecified atom stereocenters. The summed E-state index contributed by atoms with van der Waals surface area (Å²) in [5, 5.41) is 0.226. The molecule has 0 saturated heterocycles. The van der Waals surface area contributed by atoms with E-state index in [4.69, 9.17) is 21.1 Å². The molecule has 0 spiro atoms. The van der Waals surface area contributed by atoms with Gasteiger partial charge in [0.05, 0.1) is 10.7 Å². The van der Waals surface area contributed by atoms with Gasteiger partial charge < -0.3 is 9.47 Å². The van der Waals surface area contributed by atoms with Crippen LogP contribution in [0.4, 0.5) is 5.69 Å². The van der Waals surface area contributed by atoms with Gasteiger partial charge in [0.1, 0.15) is 18.1 Å². The van der Waals surface area contributed by atoms with Crippen molar-refractivity contribution in [2.24, 2.45) is 0 Å². The first-order chi connectivity index (χ1) is 10.9. The van der Waals surface area contributed by atoms with Crippen LogP contribution in [0.25, 0.3) is 0 Å². The number of halogens is 3. The van der Waals surface area contributed by atoms with Crippen molar-refractivity contribution in [3.8, 4) is 11.5 Å². The number of sulfonamides is 1. The fraction of sp³-hybridized carbons (Fsp3) is 0.143. The lowest BCUT2D eigenvalue weighted by Gasteiger charge is -2.20. The first-order valence-corrected chi connectivity index (χ1v) is 9.88. The molecule has 0 aromatic heterocycles. The van der Waals surface area contributed by atoms with Crippen LogP contribution in [0.15, 0.2) is 44.2 Å². The molecule has 0 radical (unpaired) electrons. The summed E-state index contributed by atoms with van der Waals surface area (Å²) in [6.07, 6.45) is 0. The minimum atomic E-state index is -3.82. The highest BCUT2D eigenvalue weighted by atomic mass is 79.9. The number of ether oxygens (including phenoxy) is 2. The lowest BCUT2D eigenvalue weighted by Crippen LogP contribution is -2.17. The van der Waals surface area contributed by atoms with Crippen LogP contribution in [0.5, 0.6) is 11.5 Å². The van der Waals surface area contributed by atoms with Crippen molar-refractivity contribution in [1.29, 1.82) is 0 Å². The fourth-order valence-corrected chi connectivity index (χ4v) is 4.86. The third kappa shape index (κ3) is 3.60. The zero-order chi connectivity index (χ0) is 16.6. The number of hydrogen-bond acceptors (Lipinski definition) is 4. The van der Waals surface area contributed by atoms with E-state index in [1.54, 1.807) is 12.1 Å². The molecule has 0 bridgehead atoms. The quantitative estimate of drug-likeness (QED) is 0.701. The molecule has 122 valence electrons. The van der Waals surface area contributed by atoms with Crippen molar-refractivity contribution in [2.75, 3.05) is 17.9 Å². The van der Waals surface area contributed by atoms with E-state index in [1.807, 2.05) is 0 Å². The van der Waals surface area contributed by atoms with Gasteiger partial charge in [0.25, 0.3) is 10.0 Å². The van der Waals surface area contributed by atoms with Gasteiger partial charge in [0.15, 0.2) is 11.5 Å². The summed E-state index contributed by atoms with van der Waals surface area (Å²) in [5.41, 5.74) is 0.225. The van der Waals surface area contributed by atoms with Crippen LogP contribution >= 0.6 is 43.5 Å². The Morgan fingerprint density at radius 2 is 1.70 bits per heavy atom. The second-order valence-corrected chi connectivity index (χ2v) is 8.48. The van der Waals surface area contributed by atoms with Crippen molar-refractivity contribution in [3.05, 3.63) is 44.3 Å². The van der Waals surface area contributed by atoms with Crippen LogP contribution in [0.1, 0.15) is 0 Å². The van der Waals surface area contributed by atoms with E-state index in [-0.39, 0.29) is 15.6 Å². The summed E-state index contributed by atoms with van der Waals surface area (Å²) in [6, 6.07) is 7.92. The number of nitrogens with one attached hydrogen (secondary N) is 1. The summed E-state index contributed by atoms with van der Waals surface area (Å²) in [7, 11) is -3.82. The molecule has 0 atom stereocenters. The maximum absolute atomic E-state index is 12.6. The van der Waals surface area contributed by atoms with Gasteiger partial charge in [-0.05, 0) is 34.1 Å². The second-order valence-electron chi connectivity index (χ2n) is 4.66. The number of anilines is 1. The van der Waals surface area contributed by atoms with Gasteiger partial charge in [-0.25, -0.2) is 8.42 Å². The molecule has 23 heavy (non-hydrogen) atoms. The first kappa shape index (κ1) is 16.9. The van der Waals surface area contributed by atoms with Gasteiger partial charge in [-0.1, -0.05) is 27.5 Å². The van der Waals surface area contributed by atoms with Gasteiger partial charge in [-0.15, -0.1) is 0 Å². The summed E-state index contributed by atoms with van der Waals surface area (Å²) >= 11 is 12.6. The zero-order valence-corrected chi connectivity index (χ0v) is 16.2. The molecule has 0 fully saturated rings. The fourth-order valence-electron chi connectivity index (χ4n) is 2.03. The summed E-state index contributed by atoms with van der Waals surface area (Å²) in [6.45, 7) is 0.831. The Morgan fingerprint density at radius 3 is 2.39 bits per heavy atom. The molecule has 5 nitrogen and oxygen atoms in total. The number of hydrogen-bond donors (Lipinski definition) is 1. The average molecular weight is 484 g/mol. The molecular formula is C14H10Br2ClNO4S. The standard InChI is InChI=1S/C14H10Br2ClNO4S/c15-8-1-2-9(16)14(5-8)23(19,20)18-11-7-13-12(6-10(11)17)21-3-4-22-13/h1-2,5-7,18H,3-4H2. The lowest BCUT2D eigenvalue weighted by atomic mass is 10.2. The van der Waals surface area contributed by atoms with E-state index in [0.717, 1.165) is 0 Å². The summed E-state index contributed by atoms with van der Waals surface area (Å²) in [4.78, 5) is 0.0952. The van der Waals surface area contributed by atoms with Gasteiger partial charge >= 0.3 is 0 Å². The normalized spacial score (nSPS) is 13.7. The monoisotopic (exact) mass is 481 g/mol. The minimum Gasteiger partial charge on any atom is -0.486 e. The maximum Gasteiger partial charge on any atom is 0.263 e. The van der Waals surface area contributed by atoms with Crippen molar-refractivity contribution in [3.63, 3.8) is 0 Å². The van der Waals surface area contributed by atoms with E-state index in [0.29, 0.717) is 33.7 Å².